The van der Waals surface area contributed by atoms with E-state index >= 15 is 0 Å². The molecule has 0 saturated carbocycles. The minimum atomic E-state index is -4.48. The Morgan fingerprint density at radius 2 is 1.93 bits per heavy atom. The van der Waals surface area contributed by atoms with Gasteiger partial charge in [-0.2, -0.15) is 13.2 Å². The molecule has 1 fully saturated rings. The van der Waals surface area contributed by atoms with Gasteiger partial charge in [0.2, 0.25) is 5.91 Å². The Morgan fingerprint density at radius 3 is 2.55 bits per heavy atom. The number of amides is 1. The predicted octanol–water partition coefficient (Wildman–Crippen LogP) is 4.04. The summed E-state index contributed by atoms with van der Waals surface area (Å²) in [5, 5.41) is -0.0439. The molecule has 3 rings (SSSR count). The Balaban J connectivity index is 1.54. The summed E-state index contributed by atoms with van der Waals surface area (Å²) in [5.74, 6) is 1.10. The van der Waals surface area contributed by atoms with Gasteiger partial charge in [0.15, 0.2) is 0 Å². The van der Waals surface area contributed by atoms with Crippen LogP contribution in [0, 0.1) is 0 Å². The molecule has 29 heavy (non-hydrogen) atoms. The van der Waals surface area contributed by atoms with Crippen LogP contribution in [0.5, 0.6) is 5.75 Å². The molecule has 0 N–H and O–H groups in total. The van der Waals surface area contributed by atoms with Crippen molar-refractivity contribution in [1.82, 2.24) is 9.88 Å². The summed E-state index contributed by atoms with van der Waals surface area (Å²) >= 11 is 6.02. The molecule has 1 amide bonds. The number of benzene rings is 1. The standard InChI is InChI=1S/C20H21ClF3N3O2/c1-29-16-4-2-3-14(11-16)5-6-18(28)26-7-9-27(10-8-26)19-17(21)12-15(13-25-19)20(22,23)24/h2-4,11-13H,5-10H2,1H3. The first kappa shape index (κ1) is 21.2. The van der Waals surface area contributed by atoms with Crippen molar-refractivity contribution in [2.24, 2.45) is 0 Å². The molecule has 0 aliphatic carbocycles. The summed E-state index contributed by atoms with van der Waals surface area (Å²) < 4.78 is 43.5. The summed E-state index contributed by atoms with van der Waals surface area (Å²) in [6, 6.07) is 8.48. The first-order chi connectivity index (χ1) is 13.8. The quantitative estimate of drug-likeness (QED) is 0.722. The maximum Gasteiger partial charge on any atom is 0.417 e. The highest BCUT2D eigenvalue weighted by Crippen LogP contribution is 2.33. The molecule has 1 aliphatic rings. The van der Waals surface area contributed by atoms with E-state index in [0.717, 1.165) is 23.6 Å². The molecule has 0 bridgehead atoms. The number of piperazine rings is 1. The van der Waals surface area contributed by atoms with Crippen LogP contribution in [0.4, 0.5) is 19.0 Å². The SMILES string of the molecule is COc1cccc(CCC(=O)N2CCN(c3ncc(C(F)(F)F)cc3Cl)CC2)c1. The topological polar surface area (TPSA) is 45.7 Å². The number of methoxy groups -OCH3 is 1. The van der Waals surface area contributed by atoms with E-state index in [1.807, 2.05) is 24.3 Å². The highest BCUT2D eigenvalue weighted by atomic mass is 35.5. The second kappa shape index (κ2) is 8.90. The zero-order valence-corrected chi connectivity index (χ0v) is 16.6. The van der Waals surface area contributed by atoms with Crippen LogP contribution in [-0.2, 0) is 17.4 Å². The second-order valence-electron chi connectivity index (χ2n) is 6.75. The lowest BCUT2D eigenvalue weighted by atomic mass is 10.1. The molecule has 156 valence electrons. The molecule has 1 aromatic carbocycles. The van der Waals surface area contributed by atoms with Crippen LogP contribution >= 0.6 is 11.6 Å². The number of aromatic nitrogens is 1. The molecule has 5 nitrogen and oxygen atoms in total. The van der Waals surface area contributed by atoms with Gasteiger partial charge in [-0.3, -0.25) is 4.79 Å². The van der Waals surface area contributed by atoms with Crippen molar-refractivity contribution in [3.05, 3.63) is 52.7 Å². The summed E-state index contributed by atoms with van der Waals surface area (Å²) in [5.41, 5.74) is 0.148. The van der Waals surface area contributed by atoms with Gasteiger partial charge in [-0.25, -0.2) is 4.98 Å². The number of carbonyl (C=O) groups is 1. The molecule has 1 saturated heterocycles. The van der Waals surface area contributed by atoms with Crippen LogP contribution in [0.3, 0.4) is 0 Å². The molecular formula is C20H21ClF3N3O2. The van der Waals surface area contributed by atoms with Crippen LogP contribution in [0.25, 0.3) is 0 Å². The molecule has 0 spiro atoms. The van der Waals surface area contributed by atoms with Gasteiger partial charge < -0.3 is 14.5 Å². The van der Waals surface area contributed by atoms with Crippen molar-refractivity contribution in [1.29, 1.82) is 0 Å². The summed E-state index contributed by atoms with van der Waals surface area (Å²) in [6.07, 6.45) is -2.70. The van der Waals surface area contributed by atoms with E-state index in [9.17, 15) is 18.0 Å². The van der Waals surface area contributed by atoms with Gasteiger partial charge in [-0.15, -0.1) is 0 Å². The third kappa shape index (κ3) is 5.32. The summed E-state index contributed by atoms with van der Waals surface area (Å²) in [4.78, 5) is 19.9. The Hall–Kier alpha value is -2.48. The van der Waals surface area contributed by atoms with Gasteiger partial charge in [-0.1, -0.05) is 23.7 Å². The smallest absolute Gasteiger partial charge is 0.417 e. The average molecular weight is 428 g/mol. The molecule has 2 aromatic rings. The van der Waals surface area contributed by atoms with E-state index in [2.05, 4.69) is 4.98 Å². The van der Waals surface area contributed by atoms with Gasteiger partial charge in [0.1, 0.15) is 11.6 Å². The van der Waals surface area contributed by atoms with Crippen molar-refractivity contribution in [3.63, 3.8) is 0 Å². The number of aryl methyl sites for hydroxylation is 1. The van der Waals surface area contributed by atoms with Crippen molar-refractivity contribution in [2.45, 2.75) is 19.0 Å². The molecular weight excluding hydrogens is 407 g/mol. The fourth-order valence-corrected chi connectivity index (χ4v) is 3.51. The number of hydrogen-bond acceptors (Lipinski definition) is 4. The summed E-state index contributed by atoms with van der Waals surface area (Å²) in [7, 11) is 1.60. The van der Waals surface area contributed by atoms with Gasteiger partial charge >= 0.3 is 6.18 Å². The Bertz CT molecular complexity index is 868. The second-order valence-corrected chi connectivity index (χ2v) is 7.15. The van der Waals surface area contributed by atoms with Crippen LogP contribution < -0.4 is 9.64 Å². The Kier molecular flexibility index (Phi) is 6.52. The predicted molar refractivity (Wildman–Crippen MR) is 104 cm³/mol. The van der Waals surface area contributed by atoms with Gasteiger partial charge in [0.25, 0.3) is 0 Å². The number of carbonyl (C=O) groups excluding carboxylic acids is 1. The maximum atomic E-state index is 12.8. The molecule has 1 aliphatic heterocycles. The highest BCUT2D eigenvalue weighted by molar-refractivity contribution is 6.33. The van der Waals surface area contributed by atoms with Crippen LogP contribution in [0.1, 0.15) is 17.5 Å². The average Bonchev–Trinajstić information content (AvgIpc) is 2.71. The van der Waals surface area contributed by atoms with E-state index in [1.54, 1.807) is 16.9 Å². The number of hydrogen-bond donors (Lipinski definition) is 0. The van der Waals surface area contributed by atoms with Crippen molar-refractivity contribution >= 4 is 23.3 Å². The third-order valence-electron chi connectivity index (χ3n) is 4.84. The number of pyridine rings is 1. The molecule has 0 atom stereocenters. The van der Waals surface area contributed by atoms with Crippen molar-refractivity contribution in [2.75, 3.05) is 38.2 Å². The highest BCUT2D eigenvalue weighted by Gasteiger charge is 2.32. The lowest BCUT2D eigenvalue weighted by Gasteiger charge is -2.36. The fraction of sp³-hybridized carbons (Fsp3) is 0.400. The van der Waals surface area contributed by atoms with E-state index < -0.39 is 11.7 Å². The van der Waals surface area contributed by atoms with Gasteiger partial charge in [0, 0.05) is 38.8 Å². The number of nitrogens with zero attached hydrogens (tertiary/aromatic N) is 3. The molecule has 2 heterocycles. The van der Waals surface area contributed by atoms with E-state index in [-0.39, 0.29) is 10.9 Å². The van der Waals surface area contributed by atoms with E-state index in [1.165, 1.54) is 0 Å². The lowest BCUT2D eigenvalue weighted by molar-refractivity contribution is -0.137. The molecule has 1 aromatic heterocycles. The largest absolute Gasteiger partial charge is 0.497 e. The third-order valence-corrected chi connectivity index (χ3v) is 5.12. The maximum absolute atomic E-state index is 12.8. The molecule has 0 radical (unpaired) electrons. The van der Waals surface area contributed by atoms with E-state index in [4.69, 9.17) is 16.3 Å². The number of ether oxygens (including phenoxy) is 1. The fourth-order valence-electron chi connectivity index (χ4n) is 3.22. The minimum Gasteiger partial charge on any atom is -0.497 e. The Morgan fingerprint density at radius 1 is 1.21 bits per heavy atom. The van der Waals surface area contributed by atoms with Crippen molar-refractivity contribution in [3.8, 4) is 5.75 Å². The minimum absolute atomic E-state index is 0.0407. The van der Waals surface area contributed by atoms with Crippen LogP contribution in [0.15, 0.2) is 36.5 Å². The van der Waals surface area contributed by atoms with Crippen LogP contribution in [0.2, 0.25) is 5.02 Å². The number of anilines is 1. The lowest BCUT2D eigenvalue weighted by Crippen LogP contribution is -2.49. The monoisotopic (exact) mass is 427 g/mol. The zero-order valence-electron chi connectivity index (χ0n) is 15.9. The van der Waals surface area contributed by atoms with Gasteiger partial charge in [0.05, 0.1) is 17.7 Å². The first-order valence-corrected chi connectivity index (χ1v) is 9.54. The number of rotatable bonds is 5. The van der Waals surface area contributed by atoms with E-state index in [0.29, 0.717) is 44.8 Å². The normalized spacial score (nSPS) is 14.8. The Labute approximate surface area is 172 Å². The molecule has 9 heteroatoms. The number of halogens is 4. The first-order valence-electron chi connectivity index (χ1n) is 9.16. The van der Waals surface area contributed by atoms with Crippen LogP contribution in [-0.4, -0.2) is 49.1 Å². The summed E-state index contributed by atoms with van der Waals surface area (Å²) in [6.45, 7) is 1.86. The van der Waals surface area contributed by atoms with Crippen molar-refractivity contribution < 1.29 is 22.7 Å². The molecule has 0 unspecified atom stereocenters. The zero-order chi connectivity index (χ0) is 21.0. The number of alkyl halides is 3. The van der Waals surface area contributed by atoms with Gasteiger partial charge in [-0.05, 0) is 30.2 Å².